The lowest BCUT2D eigenvalue weighted by atomic mass is 10.2. The normalized spacial score (nSPS) is 11.3. The molecule has 108 valence electrons. The highest BCUT2D eigenvalue weighted by molar-refractivity contribution is 6.01. The molecular weight excluding hydrogens is 280 g/mol. The number of nitrogens with one attached hydrogen (secondary N) is 1. The van der Waals surface area contributed by atoms with Crippen LogP contribution in [0.3, 0.4) is 0 Å². The summed E-state index contributed by atoms with van der Waals surface area (Å²) in [6.07, 6.45) is 2.95. The number of carbonyl (C=O) groups excluding carboxylic acids is 1. The molecular formula is C17H12N2O3. The summed E-state index contributed by atoms with van der Waals surface area (Å²) in [6, 6.07) is 14.6. The van der Waals surface area contributed by atoms with E-state index in [1.54, 1.807) is 18.2 Å². The van der Waals surface area contributed by atoms with Crippen molar-refractivity contribution in [3.05, 3.63) is 65.8 Å². The molecule has 0 bridgehead atoms. The first-order chi connectivity index (χ1) is 10.8. The molecule has 5 heteroatoms. The van der Waals surface area contributed by atoms with Crippen molar-refractivity contribution < 1.29 is 13.6 Å². The highest BCUT2D eigenvalue weighted by Gasteiger charge is 2.11. The Hall–Kier alpha value is -3.26. The van der Waals surface area contributed by atoms with Gasteiger partial charge in [0, 0.05) is 11.5 Å². The van der Waals surface area contributed by atoms with E-state index in [9.17, 15) is 4.79 Å². The van der Waals surface area contributed by atoms with Gasteiger partial charge in [-0.1, -0.05) is 18.2 Å². The first-order valence-electron chi connectivity index (χ1n) is 6.67. The summed E-state index contributed by atoms with van der Waals surface area (Å²) < 4.78 is 10.7. The van der Waals surface area contributed by atoms with Crippen LogP contribution in [0.25, 0.3) is 17.0 Å². The Morgan fingerprint density at radius 3 is 2.86 bits per heavy atom. The van der Waals surface area contributed by atoms with Gasteiger partial charge in [-0.2, -0.15) is 5.26 Å². The Morgan fingerprint density at radius 1 is 1.27 bits per heavy atom. The van der Waals surface area contributed by atoms with E-state index in [1.165, 1.54) is 12.3 Å². The minimum absolute atomic E-state index is 0.0226. The summed E-state index contributed by atoms with van der Waals surface area (Å²) in [7, 11) is 0. The van der Waals surface area contributed by atoms with Crippen molar-refractivity contribution in [2.24, 2.45) is 0 Å². The van der Waals surface area contributed by atoms with Gasteiger partial charge in [0.15, 0.2) is 0 Å². The van der Waals surface area contributed by atoms with Gasteiger partial charge in [0.05, 0.1) is 12.8 Å². The molecule has 0 aliphatic carbocycles. The molecule has 5 nitrogen and oxygen atoms in total. The number of furan rings is 2. The third kappa shape index (κ3) is 2.91. The highest BCUT2D eigenvalue weighted by Crippen LogP contribution is 2.20. The zero-order chi connectivity index (χ0) is 15.4. The summed E-state index contributed by atoms with van der Waals surface area (Å²) in [4.78, 5) is 12.0. The van der Waals surface area contributed by atoms with Gasteiger partial charge < -0.3 is 14.2 Å². The number of hydrogen-bond donors (Lipinski definition) is 1. The molecule has 0 unspecified atom stereocenters. The standard InChI is InChI=1S/C17H12N2O3/c18-10-13(17(20)19-11-14-5-3-7-21-14)9-15-8-12-4-1-2-6-16(12)22-15/h1-9H,11H2,(H,19,20). The van der Waals surface area contributed by atoms with Crippen molar-refractivity contribution in [2.75, 3.05) is 0 Å². The zero-order valence-electron chi connectivity index (χ0n) is 11.6. The predicted molar refractivity (Wildman–Crippen MR) is 80.4 cm³/mol. The van der Waals surface area contributed by atoms with Crippen LogP contribution in [0.15, 0.2) is 63.1 Å². The van der Waals surface area contributed by atoms with Crippen LogP contribution in [0.2, 0.25) is 0 Å². The van der Waals surface area contributed by atoms with E-state index in [2.05, 4.69) is 5.32 Å². The fourth-order valence-corrected chi connectivity index (χ4v) is 2.04. The number of rotatable bonds is 4. The monoisotopic (exact) mass is 292 g/mol. The topological polar surface area (TPSA) is 79.2 Å². The number of para-hydroxylation sites is 1. The maximum absolute atomic E-state index is 12.0. The van der Waals surface area contributed by atoms with E-state index in [1.807, 2.05) is 30.3 Å². The molecule has 1 aromatic carbocycles. The summed E-state index contributed by atoms with van der Waals surface area (Å²) in [5, 5.41) is 12.7. The Balaban J connectivity index is 1.77. The van der Waals surface area contributed by atoms with Crippen LogP contribution < -0.4 is 5.32 Å². The minimum Gasteiger partial charge on any atom is -0.467 e. The van der Waals surface area contributed by atoms with Gasteiger partial charge in [-0.15, -0.1) is 0 Å². The largest absolute Gasteiger partial charge is 0.467 e. The van der Waals surface area contributed by atoms with Crippen molar-refractivity contribution in [2.45, 2.75) is 6.54 Å². The number of nitrogens with zero attached hydrogens (tertiary/aromatic N) is 1. The van der Waals surface area contributed by atoms with Crippen molar-refractivity contribution in [1.82, 2.24) is 5.32 Å². The molecule has 0 radical (unpaired) electrons. The fraction of sp³-hybridized carbons (Fsp3) is 0.0588. The number of hydrogen-bond acceptors (Lipinski definition) is 4. The first-order valence-corrected chi connectivity index (χ1v) is 6.67. The first kappa shape index (κ1) is 13.7. The van der Waals surface area contributed by atoms with Gasteiger partial charge in [-0.05, 0) is 24.3 Å². The van der Waals surface area contributed by atoms with E-state index >= 15 is 0 Å². The molecule has 1 amide bonds. The quantitative estimate of drug-likeness (QED) is 0.591. The number of nitriles is 1. The summed E-state index contributed by atoms with van der Waals surface area (Å²) in [5.74, 6) is 0.611. The molecule has 0 saturated carbocycles. The van der Waals surface area contributed by atoms with E-state index in [-0.39, 0.29) is 12.1 Å². The second-order valence-electron chi connectivity index (χ2n) is 4.62. The molecule has 0 aliphatic heterocycles. The molecule has 3 rings (SSSR count). The third-order valence-electron chi connectivity index (χ3n) is 3.10. The molecule has 0 aliphatic rings. The van der Waals surface area contributed by atoms with Crippen LogP contribution in [0.5, 0.6) is 0 Å². The number of benzene rings is 1. The van der Waals surface area contributed by atoms with Crippen LogP contribution in [-0.4, -0.2) is 5.91 Å². The lowest BCUT2D eigenvalue weighted by Crippen LogP contribution is -2.23. The van der Waals surface area contributed by atoms with E-state index in [0.29, 0.717) is 17.1 Å². The van der Waals surface area contributed by atoms with Gasteiger partial charge in [0.2, 0.25) is 0 Å². The minimum atomic E-state index is -0.473. The number of fused-ring (bicyclic) bond motifs is 1. The SMILES string of the molecule is N#CC(=Cc1cc2ccccc2o1)C(=O)NCc1ccco1. The number of carbonyl (C=O) groups is 1. The van der Waals surface area contributed by atoms with Gasteiger partial charge in [0.1, 0.15) is 28.7 Å². The van der Waals surface area contributed by atoms with Crippen molar-refractivity contribution >= 4 is 23.0 Å². The smallest absolute Gasteiger partial charge is 0.262 e. The van der Waals surface area contributed by atoms with Crippen molar-refractivity contribution in [3.8, 4) is 6.07 Å². The van der Waals surface area contributed by atoms with E-state index in [4.69, 9.17) is 14.1 Å². The Labute approximate surface area is 126 Å². The lowest BCUT2D eigenvalue weighted by molar-refractivity contribution is -0.117. The molecule has 3 aromatic rings. The van der Waals surface area contributed by atoms with Crippen LogP contribution in [0.4, 0.5) is 0 Å². The third-order valence-corrected chi connectivity index (χ3v) is 3.10. The molecule has 2 heterocycles. The Bertz CT molecular complexity index is 834. The van der Waals surface area contributed by atoms with Crippen LogP contribution in [-0.2, 0) is 11.3 Å². The van der Waals surface area contributed by atoms with Crippen molar-refractivity contribution in [1.29, 1.82) is 5.26 Å². The zero-order valence-corrected chi connectivity index (χ0v) is 11.6. The second-order valence-corrected chi connectivity index (χ2v) is 4.62. The number of amides is 1. The molecule has 0 atom stereocenters. The molecule has 22 heavy (non-hydrogen) atoms. The second kappa shape index (κ2) is 6.02. The van der Waals surface area contributed by atoms with E-state index < -0.39 is 5.91 Å². The molecule has 0 fully saturated rings. The average molecular weight is 292 g/mol. The summed E-state index contributed by atoms with van der Waals surface area (Å²) in [6.45, 7) is 0.227. The lowest BCUT2D eigenvalue weighted by Gasteiger charge is -2.01. The van der Waals surface area contributed by atoms with Crippen LogP contribution in [0, 0.1) is 11.3 Å². The molecule has 0 spiro atoms. The molecule has 2 aromatic heterocycles. The average Bonchev–Trinajstić information content (AvgIpc) is 3.18. The Kier molecular flexibility index (Phi) is 3.75. The summed E-state index contributed by atoms with van der Waals surface area (Å²) in [5.41, 5.74) is 0.688. The molecule has 0 saturated heterocycles. The maximum atomic E-state index is 12.0. The van der Waals surface area contributed by atoms with Gasteiger partial charge in [-0.3, -0.25) is 4.79 Å². The maximum Gasteiger partial charge on any atom is 0.262 e. The Morgan fingerprint density at radius 2 is 2.14 bits per heavy atom. The predicted octanol–water partition coefficient (Wildman–Crippen LogP) is 3.25. The van der Waals surface area contributed by atoms with Gasteiger partial charge in [-0.25, -0.2) is 0 Å². The van der Waals surface area contributed by atoms with Crippen LogP contribution in [0.1, 0.15) is 11.5 Å². The van der Waals surface area contributed by atoms with Gasteiger partial charge >= 0.3 is 0 Å². The van der Waals surface area contributed by atoms with Crippen molar-refractivity contribution in [3.63, 3.8) is 0 Å². The van der Waals surface area contributed by atoms with Gasteiger partial charge in [0.25, 0.3) is 5.91 Å². The molecule has 1 N–H and O–H groups in total. The van der Waals surface area contributed by atoms with E-state index in [0.717, 1.165) is 5.39 Å². The fourth-order valence-electron chi connectivity index (χ4n) is 2.04. The summed E-state index contributed by atoms with van der Waals surface area (Å²) >= 11 is 0. The highest BCUT2D eigenvalue weighted by atomic mass is 16.3. The van der Waals surface area contributed by atoms with Crippen LogP contribution >= 0.6 is 0 Å².